The predicted molar refractivity (Wildman–Crippen MR) is 78.5 cm³/mol. The van der Waals surface area contributed by atoms with E-state index in [1.807, 2.05) is 0 Å². The number of hydrogen-bond donors (Lipinski definition) is 1. The van der Waals surface area contributed by atoms with Gasteiger partial charge in [0, 0.05) is 5.57 Å². The fourth-order valence-electron chi connectivity index (χ4n) is 1.79. The molecule has 0 amide bonds. The van der Waals surface area contributed by atoms with E-state index in [-0.39, 0.29) is 6.61 Å². The van der Waals surface area contributed by atoms with E-state index in [1.165, 1.54) is 0 Å². The van der Waals surface area contributed by atoms with Crippen LogP contribution in [0.2, 0.25) is 38.8 Å². The minimum Gasteiger partial charge on any atom is -0.460 e. The summed E-state index contributed by atoms with van der Waals surface area (Å²) in [4.78, 5) is 11.2. The Bertz CT molecular complexity index is 308. The molecule has 0 aromatic rings. The molecule has 0 aliphatic heterocycles. The highest BCUT2D eigenvalue weighted by molar-refractivity contribution is 6.84. The second kappa shape index (κ2) is 6.65. The predicted octanol–water partition coefficient (Wildman–Crippen LogP) is 2.52. The van der Waals surface area contributed by atoms with Crippen LogP contribution in [0.1, 0.15) is 6.92 Å². The summed E-state index contributed by atoms with van der Waals surface area (Å²) in [6.07, 6.45) is -0.661. The molecule has 1 atom stereocenters. The minimum absolute atomic E-state index is 0.0111. The van der Waals surface area contributed by atoms with E-state index in [1.54, 1.807) is 6.92 Å². The van der Waals surface area contributed by atoms with Gasteiger partial charge in [0.1, 0.15) is 6.61 Å². The molecule has 0 aromatic heterocycles. The third-order valence-electron chi connectivity index (χ3n) is 2.06. The van der Waals surface area contributed by atoms with Gasteiger partial charge in [-0.3, -0.25) is 0 Å². The van der Waals surface area contributed by atoms with Crippen molar-refractivity contribution >= 4 is 22.6 Å². The summed E-state index contributed by atoms with van der Waals surface area (Å²) in [5.41, 5.74) is 0.344. The van der Waals surface area contributed by atoms with Crippen molar-refractivity contribution in [2.75, 3.05) is 6.61 Å². The third-order valence-corrected chi connectivity index (χ3v) is 8.18. The Balaban J connectivity index is 4.18. The van der Waals surface area contributed by atoms with E-state index in [0.717, 1.165) is 0 Å². The van der Waals surface area contributed by atoms with Crippen molar-refractivity contribution < 1.29 is 18.8 Å². The van der Waals surface area contributed by atoms with Gasteiger partial charge in [-0.05, 0) is 45.7 Å². The molecule has 0 radical (unpaired) electrons. The maximum absolute atomic E-state index is 11.2. The van der Waals surface area contributed by atoms with Crippen LogP contribution in [-0.2, 0) is 13.6 Å². The second-order valence-corrected chi connectivity index (χ2v) is 15.2. The molecule has 1 unspecified atom stereocenters. The lowest BCUT2D eigenvalue weighted by Gasteiger charge is -2.32. The summed E-state index contributed by atoms with van der Waals surface area (Å²) in [6.45, 7) is 15.6. The standard InChI is InChI=1S/C12H26O4Si2/c1-10(2)12(14)15-8-11(13)9-18(6,7)16-17(3,4)5/h11,13H,1,8-9H2,2-7H3. The first-order valence-electron chi connectivity index (χ1n) is 6.14. The zero-order chi connectivity index (χ0) is 14.6. The van der Waals surface area contributed by atoms with E-state index < -0.39 is 28.7 Å². The summed E-state index contributed by atoms with van der Waals surface area (Å²) in [6, 6.07) is 0.570. The lowest BCUT2D eigenvalue weighted by atomic mass is 10.3. The molecule has 0 saturated heterocycles. The van der Waals surface area contributed by atoms with Crippen LogP contribution < -0.4 is 0 Å². The molecule has 18 heavy (non-hydrogen) atoms. The molecule has 0 heterocycles. The molecule has 0 spiro atoms. The average molecular weight is 291 g/mol. The Morgan fingerprint density at radius 2 is 1.78 bits per heavy atom. The smallest absolute Gasteiger partial charge is 0.333 e. The Labute approximate surface area is 112 Å². The fraction of sp³-hybridized carbons (Fsp3) is 0.750. The first kappa shape index (κ1) is 17.6. The molecule has 0 aliphatic rings. The first-order chi connectivity index (χ1) is 7.93. The van der Waals surface area contributed by atoms with Crippen LogP contribution in [0, 0.1) is 0 Å². The summed E-state index contributed by atoms with van der Waals surface area (Å²) >= 11 is 0. The molecule has 0 rings (SSSR count). The van der Waals surface area contributed by atoms with Gasteiger partial charge in [-0.25, -0.2) is 4.79 Å². The summed E-state index contributed by atoms with van der Waals surface area (Å²) in [7, 11) is -3.50. The molecule has 0 saturated carbocycles. The second-order valence-electron chi connectivity index (χ2n) is 6.21. The van der Waals surface area contributed by atoms with Gasteiger partial charge in [0.15, 0.2) is 16.6 Å². The van der Waals surface area contributed by atoms with E-state index in [0.29, 0.717) is 11.6 Å². The van der Waals surface area contributed by atoms with Gasteiger partial charge in [0.25, 0.3) is 0 Å². The largest absolute Gasteiger partial charge is 0.460 e. The molecular formula is C12H26O4Si2. The maximum atomic E-state index is 11.2. The molecule has 1 N–H and O–H groups in total. The van der Waals surface area contributed by atoms with E-state index in [4.69, 9.17) is 8.85 Å². The Morgan fingerprint density at radius 3 is 2.17 bits per heavy atom. The topological polar surface area (TPSA) is 55.8 Å². The number of hydrogen-bond acceptors (Lipinski definition) is 4. The third kappa shape index (κ3) is 8.62. The van der Waals surface area contributed by atoms with Crippen molar-refractivity contribution in [3.8, 4) is 0 Å². The van der Waals surface area contributed by atoms with Gasteiger partial charge in [-0.1, -0.05) is 6.58 Å². The van der Waals surface area contributed by atoms with Crippen LogP contribution in [0.5, 0.6) is 0 Å². The molecule has 106 valence electrons. The van der Waals surface area contributed by atoms with Crippen LogP contribution in [0.15, 0.2) is 12.2 Å². The van der Waals surface area contributed by atoms with Crippen molar-refractivity contribution in [3.63, 3.8) is 0 Å². The van der Waals surface area contributed by atoms with Crippen molar-refractivity contribution in [1.29, 1.82) is 0 Å². The molecule has 0 fully saturated rings. The lowest BCUT2D eigenvalue weighted by Crippen LogP contribution is -2.45. The highest BCUT2D eigenvalue weighted by atomic mass is 28.4. The van der Waals surface area contributed by atoms with Crippen molar-refractivity contribution in [2.24, 2.45) is 0 Å². The minimum atomic E-state index is -1.90. The van der Waals surface area contributed by atoms with Gasteiger partial charge in [0.05, 0.1) is 6.10 Å². The monoisotopic (exact) mass is 290 g/mol. The van der Waals surface area contributed by atoms with Gasteiger partial charge in [-0.15, -0.1) is 0 Å². The zero-order valence-corrected chi connectivity index (χ0v) is 14.4. The van der Waals surface area contributed by atoms with Gasteiger partial charge < -0.3 is 14.0 Å². The fourth-order valence-corrected chi connectivity index (χ4v) is 10.0. The van der Waals surface area contributed by atoms with Gasteiger partial charge in [0.2, 0.25) is 0 Å². The van der Waals surface area contributed by atoms with Gasteiger partial charge >= 0.3 is 5.97 Å². The van der Waals surface area contributed by atoms with Gasteiger partial charge in [-0.2, -0.15) is 0 Å². The number of carbonyl (C=O) groups is 1. The van der Waals surface area contributed by atoms with Crippen LogP contribution in [0.3, 0.4) is 0 Å². The van der Waals surface area contributed by atoms with Crippen LogP contribution in [0.25, 0.3) is 0 Å². The normalized spacial score (nSPS) is 14.2. The quantitative estimate of drug-likeness (QED) is 0.445. The highest BCUT2D eigenvalue weighted by Gasteiger charge is 2.32. The summed E-state index contributed by atoms with van der Waals surface area (Å²) in [5, 5.41) is 9.88. The van der Waals surface area contributed by atoms with Crippen molar-refractivity contribution in [3.05, 3.63) is 12.2 Å². The molecule has 0 aromatic carbocycles. The Morgan fingerprint density at radius 1 is 1.28 bits per heavy atom. The molecule has 0 bridgehead atoms. The van der Waals surface area contributed by atoms with E-state index in [9.17, 15) is 9.90 Å². The van der Waals surface area contributed by atoms with Crippen LogP contribution in [-0.4, -0.2) is 40.4 Å². The van der Waals surface area contributed by atoms with Crippen molar-refractivity contribution in [2.45, 2.75) is 51.8 Å². The number of aliphatic hydroxyl groups excluding tert-OH is 1. The van der Waals surface area contributed by atoms with E-state index in [2.05, 4.69) is 39.3 Å². The zero-order valence-electron chi connectivity index (χ0n) is 12.4. The van der Waals surface area contributed by atoms with Crippen LogP contribution >= 0.6 is 0 Å². The maximum Gasteiger partial charge on any atom is 0.333 e. The number of esters is 1. The number of ether oxygens (including phenoxy) is 1. The molecule has 4 nitrogen and oxygen atoms in total. The number of aliphatic hydroxyl groups is 1. The SMILES string of the molecule is C=C(C)C(=O)OCC(O)C[Si](C)(C)O[Si](C)(C)C. The summed E-state index contributed by atoms with van der Waals surface area (Å²) < 4.78 is 11.0. The number of rotatable bonds is 7. The van der Waals surface area contributed by atoms with Crippen molar-refractivity contribution in [1.82, 2.24) is 0 Å². The Hall–Kier alpha value is -0.436. The lowest BCUT2D eigenvalue weighted by molar-refractivity contribution is -0.141. The number of carbonyl (C=O) groups excluding carboxylic acids is 1. The van der Waals surface area contributed by atoms with Crippen LogP contribution in [0.4, 0.5) is 0 Å². The van der Waals surface area contributed by atoms with E-state index >= 15 is 0 Å². The first-order valence-corrected chi connectivity index (χ1v) is 12.7. The summed E-state index contributed by atoms with van der Waals surface area (Å²) in [5.74, 6) is -0.459. The molecule has 6 heteroatoms. The molecular weight excluding hydrogens is 264 g/mol. The highest BCUT2D eigenvalue weighted by Crippen LogP contribution is 2.20. The Kier molecular flexibility index (Phi) is 6.49. The molecule has 0 aliphatic carbocycles. The average Bonchev–Trinajstić information content (AvgIpc) is 2.08.